The van der Waals surface area contributed by atoms with Crippen LogP contribution in [0.15, 0.2) is 18.6 Å². The standard InChI is InChI=1S/C14H21FN4O4.C12H21FN4O3.C11H18FN3O3/c1-11-8-13(20)19(14(11)21)4-7-22-6-3-18-9-12(16-17-18)10-23-5-2-15;1-2-12(18)14-4-7-19-8-5-17-9-11(15-16-17)10-20-6-3-13;1-10(16)2-5-17-7-4-15-8-11(13-14-15)9-18-6-3-12/h9,11H,2-8,10H2,1H3;9H,2-8,10H2,1H3,(H,14,18);8H,2-7,9H2,1H3/i15-1;13-1;12-1. The van der Waals surface area contributed by atoms with E-state index in [1.165, 1.54) is 11.8 Å². The number of ether oxygens (including phenoxy) is 6. The number of amides is 3. The van der Waals surface area contributed by atoms with Crippen molar-refractivity contribution in [3.8, 4) is 0 Å². The lowest BCUT2D eigenvalue weighted by Gasteiger charge is -2.14. The topological polar surface area (TPSA) is 231 Å². The van der Waals surface area contributed by atoms with Crippen LogP contribution in [-0.2, 0) is 87.1 Å². The van der Waals surface area contributed by atoms with E-state index in [9.17, 15) is 32.3 Å². The molecule has 0 aliphatic carbocycles. The Bertz CT molecular complexity index is 1650. The van der Waals surface area contributed by atoms with E-state index in [2.05, 4.69) is 36.3 Å². The summed E-state index contributed by atoms with van der Waals surface area (Å²) in [5, 5.41) is 26.0. The van der Waals surface area contributed by atoms with Crippen molar-refractivity contribution in [1.82, 2.24) is 55.2 Å². The summed E-state index contributed by atoms with van der Waals surface area (Å²) in [7, 11) is 0. The number of imide groups is 1. The normalized spacial score (nSPS) is 13.5. The predicted molar refractivity (Wildman–Crippen MR) is 209 cm³/mol. The maximum absolute atomic E-state index is 11.9. The second-order valence-electron chi connectivity index (χ2n) is 13.1. The minimum absolute atomic E-state index is 0.0165. The van der Waals surface area contributed by atoms with Crippen molar-refractivity contribution in [2.75, 3.05) is 92.6 Å². The molecule has 0 radical (unpaired) electrons. The molecule has 1 unspecified atom stereocenters. The molecule has 61 heavy (non-hydrogen) atoms. The van der Waals surface area contributed by atoms with E-state index in [0.29, 0.717) is 95.7 Å². The third-order valence-electron chi connectivity index (χ3n) is 7.98. The summed E-state index contributed by atoms with van der Waals surface area (Å²) in [5.74, 6) is -0.366. The fourth-order valence-electron chi connectivity index (χ4n) is 4.86. The van der Waals surface area contributed by atoms with Gasteiger partial charge in [0.1, 0.15) is 42.9 Å². The molecule has 0 saturated carbocycles. The Labute approximate surface area is 352 Å². The molecule has 1 aliphatic rings. The third kappa shape index (κ3) is 24.3. The molecule has 0 spiro atoms. The van der Waals surface area contributed by atoms with Gasteiger partial charge in [-0.1, -0.05) is 29.5 Å². The molecule has 21 nitrogen and oxygen atoms in total. The molecule has 1 atom stereocenters. The number of hydrogen-bond acceptors (Lipinski definition) is 16. The number of likely N-dealkylation sites (tertiary alicyclic amines) is 1. The summed E-state index contributed by atoms with van der Waals surface area (Å²) >= 11 is 0. The molecule has 1 aliphatic heterocycles. The highest BCUT2D eigenvalue weighted by Crippen LogP contribution is 2.18. The minimum atomic E-state index is -0.525. The third-order valence-corrected chi connectivity index (χ3v) is 7.98. The summed E-state index contributed by atoms with van der Waals surface area (Å²) in [6, 6.07) is 0. The first-order valence-electron chi connectivity index (χ1n) is 20.0. The molecule has 344 valence electrons. The maximum atomic E-state index is 11.9. The van der Waals surface area contributed by atoms with Crippen LogP contribution in [0.25, 0.3) is 0 Å². The molecular weight excluding hydrogens is 812 g/mol. The highest BCUT2D eigenvalue weighted by Gasteiger charge is 2.34. The molecule has 1 fully saturated rings. The van der Waals surface area contributed by atoms with E-state index in [0.717, 1.165) is 0 Å². The number of nitrogens with one attached hydrogen (secondary N) is 1. The van der Waals surface area contributed by atoms with Gasteiger partial charge in [0.2, 0.25) is 17.7 Å². The first-order valence-corrected chi connectivity index (χ1v) is 20.0. The number of nitrogens with zero attached hydrogens (tertiary/aromatic N) is 10. The molecule has 4 rings (SSSR count). The molecule has 1 N–H and O–H groups in total. The largest absolute Gasteiger partial charge is 0.379 e. The SMILES string of the molecule is CC(=O)CCOCCn1cc(COCC[18F])nn1.CC1CC(=O)N(CCOCCn2cc(COCC[18F])nn2)C1=O.CCC(=O)NCCOCCn1cc(COCC[18F])nn1. The number of Topliss-reactive ketones (excluding diaryl/α,β-unsaturated/α-hetero) is 1. The van der Waals surface area contributed by atoms with Crippen LogP contribution >= 0.6 is 0 Å². The molecule has 1 saturated heterocycles. The zero-order valence-electron chi connectivity index (χ0n) is 35.3. The summed E-state index contributed by atoms with van der Waals surface area (Å²) in [6.07, 6.45) is 6.36. The molecular formula is C37H60F3N11O10. The molecule has 0 bridgehead atoms. The number of ketones is 1. The van der Waals surface area contributed by atoms with Gasteiger partial charge in [-0.05, 0) is 6.92 Å². The van der Waals surface area contributed by atoms with Gasteiger partial charge >= 0.3 is 0 Å². The first kappa shape index (κ1) is 52.4. The van der Waals surface area contributed by atoms with Crippen molar-refractivity contribution in [3.05, 3.63) is 35.7 Å². The second-order valence-corrected chi connectivity index (χ2v) is 13.1. The van der Waals surface area contributed by atoms with Gasteiger partial charge in [0, 0.05) is 31.7 Å². The van der Waals surface area contributed by atoms with Crippen molar-refractivity contribution < 1.29 is 60.8 Å². The molecule has 3 aromatic rings. The highest BCUT2D eigenvalue weighted by atomic mass is 18.2. The average molecular weight is 873 g/mol. The van der Waals surface area contributed by atoms with Gasteiger partial charge in [0.25, 0.3) is 0 Å². The van der Waals surface area contributed by atoms with Crippen LogP contribution in [0.3, 0.4) is 0 Å². The molecule has 3 aromatic heterocycles. The van der Waals surface area contributed by atoms with E-state index in [1.54, 1.807) is 46.5 Å². The summed E-state index contributed by atoms with van der Waals surface area (Å²) in [5.41, 5.74) is 1.95. The monoisotopic (exact) mass is 872 g/mol. The Morgan fingerprint density at radius 2 is 1.08 bits per heavy atom. The van der Waals surface area contributed by atoms with E-state index >= 15 is 0 Å². The number of hydrogen-bond donors (Lipinski definition) is 1. The number of aromatic nitrogens is 9. The lowest BCUT2D eigenvalue weighted by molar-refractivity contribution is -0.140. The quantitative estimate of drug-likeness (QED) is 0.0708. The lowest BCUT2D eigenvalue weighted by Crippen LogP contribution is -2.33. The number of carbonyl (C=O) groups excluding carboxylic acids is 4. The van der Waals surface area contributed by atoms with Gasteiger partial charge in [-0.3, -0.25) is 24.1 Å². The van der Waals surface area contributed by atoms with E-state index in [4.69, 9.17) is 28.4 Å². The first-order chi connectivity index (χ1) is 29.6. The summed E-state index contributed by atoms with van der Waals surface area (Å²) in [6.45, 7) is 9.42. The molecule has 0 aromatic carbocycles. The number of halogens is 3. The molecule has 4 heterocycles. The van der Waals surface area contributed by atoms with Crippen molar-refractivity contribution in [2.24, 2.45) is 5.92 Å². The minimum Gasteiger partial charge on any atom is -0.379 e. The van der Waals surface area contributed by atoms with Crippen LogP contribution in [0.4, 0.5) is 13.2 Å². The van der Waals surface area contributed by atoms with Gasteiger partial charge in [0.05, 0.1) is 124 Å². The van der Waals surface area contributed by atoms with Gasteiger partial charge in [0.15, 0.2) is 0 Å². The molecule has 3 amide bonds. The highest BCUT2D eigenvalue weighted by molar-refractivity contribution is 6.03. The van der Waals surface area contributed by atoms with Gasteiger partial charge in [-0.2, -0.15) is 0 Å². The predicted octanol–water partition coefficient (Wildman–Crippen LogP) is 1.24. The van der Waals surface area contributed by atoms with Gasteiger partial charge in [-0.15, -0.1) is 15.3 Å². The van der Waals surface area contributed by atoms with Crippen molar-refractivity contribution >= 4 is 23.5 Å². The zero-order chi connectivity index (χ0) is 44.5. The van der Waals surface area contributed by atoms with Crippen LogP contribution in [0.2, 0.25) is 0 Å². The Balaban J connectivity index is 0.000000318. The Hall–Kier alpha value is -4.75. The summed E-state index contributed by atoms with van der Waals surface area (Å²) < 4.78 is 71.4. The maximum Gasteiger partial charge on any atom is 0.232 e. The summed E-state index contributed by atoms with van der Waals surface area (Å²) in [4.78, 5) is 46.1. The molecule has 24 heteroatoms. The zero-order valence-corrected chi connectivity index (χ0v) is 35.3. The van der Waals surface area contributed by atoms with Crippen LogP contribution < -0.4 is 5.32 Å². The van der Waals surface area contributed by atoms with Crippen LogP contribution in [0, 0.1) is 5.92 Å². The number of carbonyl (C=O) groups is 4. The van der Waals surface area contributed by atoms with E-state index < -0.39 is 20.0 Å². The fraction of sp³-hybridized carbons (Fsp3) is 0.730. The second kappa shape index (κ2) is 32.9. The Morgan fingerprint density at radius 3 is 1.48 bits per heavy atom. The van der Waals surface area contributed by atoms with Crippen LogP contribution in [0.5, 0.6) is 0 Å². The van der Waals surface area contributed by atoms with Crippen molar-refractivity contribution in [1.29, 1.82) is 0 Å². The lowest BCUT2D eigenvalue weighted by atomic mass is 10.1. The van der Waals surface area contributed by atoms with Gasteiger partial charge in [-0.25, -0.2) is 27.2 Å². The van der Waals surface area contributed by atoms with Crippen molar-refractivity contribution in [3.63, 3.8) is 0 Å². The van der Waals surface area contributed by atoms with E-state index in [1.807, 2.05) is 0 Å². The number of alkyl halides is 3. The van der Waals surface area contributed by atoms with Crippen LogP contribution in [-0.4, -0.2) is 166 Å². The number of rotatable bonds is 31. The fourth-order valence-corrected chi connectivity index (χ4v) is 4.86. The Morgan fingerprint density at radius 1 is 0.656 bits per heavy atom. The van der Waals surface area contributed by atoms with Gasteiger partial charge < -0.3 is 33.7 Å². The van der Waals surface area contributed by atoms with E-state index in [-0.39, 0.29) is 82.0 Å². The van der Waals surface area contributed by atoms with Crippen LogP contribution in [0.1, 0.15) is 57.1 Å². The smallest absolute Gasteiger partial charge is 0.232 e. The Kier molecular flexibility index (Phi) is 28.3. The van der Waals surface area contributed by atoms with Crippen molar-refractivity contribution in [2.45, 2.75) is 79.5 Å². The average Bonchev–Trinajstić information content (AvgIpc) is 4.06.